The molecule has 0 unspecified atom stereocenters. The number of halogens is 6. The second-order valence-corrected chi connectivity index (χ2v) is 10.0. The fourth-order valence-electron chi connectivity index (χ4n) is 5.29. The molecule has 0 bridgehead atoms. The van der Waals surface area contributed by atoms with E-state index in [1.54, 1.807) is 25.1 Å². The Kier molecular flexibility index (Phi) is 9.77. The van der Waals surface area contributed by atoms with Crippen molar-refractivity contribution in [2.24, 2.45) is 5.92 Å². The predicted octanol–water partition coefficient (Wildman–Crippen LogP) is 10.1. The second-order valence-electron chi connectivity index (χ2n) is 10.0. The van der Waals surface area contributed by atoms with Crippen molar-refractivity contribution >= 4 is 6.08 Å². The first-order valence-corrected chi connectivity index (χ1v) is 13.6. The van der Waals surface area contributed by atoms with Gasteiger partial charge in [0.25, 0.3) is 0 Å². The van der Waals surface area contributed by atoms with E-state index in [4.69, 9.17) is 4.74 Å². The Balaban J connectivity index is 1.43. The minimum absolute atomic E-state index is 0.0844. The highest BCUT2D eigenvalue weighted by molar-refractivity contribution is 5.67. The van der Waals surface area contributed by atoms with Crippen LogP contribution in [-0.2, 0) is 6.42 Å². The van der Waals surface area contributed by atoms with Gasteiger partial charge in [-0.2, -0.15) is 4.39 Å². The second kappa shape index (κ2) is 13.2. The van der Waals surface area contributed by atoms with Crippen molar-refractivity contribution in [1.29, 1.82) is 0 Å². The number of rotatable bonds is 9. The Morgan fingerprint density at radius 3 is 2.10 bits per heavy atom. The van der Waals surface area contributed by atoms with E-state index in [0.717, 1.165) is 0 Å². The molecular weight excluding hydrogens is 526 g/mol. The van der Waals surface area contributed by atoms with E-state index in [9.17, 15) is 17.6 Å². The van der Waals surface area contributed by atoms with Gasteiger partial charge in [-0.25, -0.2) is 22.0 Å². The zero-order valence-electron chi connectivity index (χ0n) is 22.6. The van der Waals surface area contributed by atoms with Crippen LogP contribution in [-0.4, -0.2) is 6.61 Å². The molecule has 0 aliphatic heterocycles. The molecular formula is C33H32F6O. The normalized spacial score (nSPS) is 17.7. The molecule has 0 aromatic heterocycles. The van der Waals surface area contributed by atoms with E-state index in [-0.39, 0.29) is 46.4 Å². The summed E-state index contributed by atoms with van der Waals surface area (Å²) in [6.45, 7) is 3.63. The summed E-state index contributed by atoms with van der Waals surface area (Å²) in [6.07, 6.45) is 10.7. The Labute approximate surface area is 231 Å². The summed E-state index contributed by atoms with van der Waals surface area (Å²) >= 11 is 0. The third-order valence-electron chi connectivity index (χ3n) is 7.52. The summed E-state index contributed by atoms with van der Waals surface area (Å²) in [4.78, 5) is 0. The van der Waals surface area contributed by atoms with Crippen molar-refractivity contribution in [2.45, 2.75) is 58.3 Å². The van der Waals surface area contributed by atoms with Crippen molar-refractivity contribution in [2.75, 3.05) is 6.61 Å². The molecule has 0 heterocycles. The predicted molar refractivity (Wildman–Crippen MR) is 146 cm³/mol. The van der Waals surface area contributed by atoms with E-state index >= 15 is 8.78 Å². The molecule has 1 fully saturated rings. The molecule has 0 atom stereocenters. The molecule has 0 radical (unpaired) electrons. The Morgan fingerprint density at radius 2 is 1.43 bits per heavy atom. The number of hydrogen-bond acceptors (Lipinski definition) is 1. The number of ether oxygens (including phenoxy) is 1. The van der Waals surface area contributed by atoms with Crippen LogP contribution in [0.25, 0.3) is 17.2 Å². The average Bonchev–Trinajstić information content (AvgIpc) is 2.96. The van der Waals surface area contributed by atoms with Crippen LogP contribution in [0.3, 0.4) is 0 Å². The van der Waals surface area contributed by atoms with E-state index in [1.807, 2.05) is 25.2 Å². The molecule has 4 rings (SSSR count). The van der Waals surface area contributed by atoms with Crippen LogP contribution in [0.15, 0.2) is 54.6 Å². The fraction of sp³-hybridized carbons (Fsp3) is 0.333. The summed E-state index contributed by atoms with van der Waals surface area (Å²) < 4.78 is 93.1. The zero-order chi connectivity index (χ0) is 28.8. The Morgan fingerprint density at radius 1 is 0.750 bits per heavy atom. The van der Waals surface area contributed by atoms with Crippen molar-refractivity contribution in [3.63, 3.8) is 0 Å². The van der Waals surface area contributed by atoms with Gasteiger partial charge < -0.3 is 4.74 Å². The molecule has 212 valence electrons. The van der Waals surface area contributed by atoms with Gasteiger partial charge in [-0.3, -0.25) is 0 Å². The van der Waals surface area contributed by atoms with Crippen molar-refractivity contribution in [3.05, 3.63) is 106 Å². The highest BCUT2D eigenvalue weighted by Gasteiger charge is 2.27. The molecule has 1 aliphatic rings. The summed E-state index contributed by atoms with van der Waals surface area (Å²) in [7, 11) is 0. The largest absolute Gasteiger partial charge is 0.491 e. The maximum atomic E-state index is 15.1. The summed E-state index contributed by atoms with van der Waals surface area (Å²) in [5.74, 6) is -7.01. The summed E-state index contributed by atoms with van der Waals surface area (Å²) in [6, 6.07) is 8.24. The van der Waals surface area contributed by atoms with Crippen LogP contribution in [0.5, 0.6) is 5.75 Å². The maximum Gasteiger partial charge on any atom is 0.201 e. The van der Waals surface area contributed by atoms with Gasteiger partial charge in [0.2, 0.25) is 5.82 Å². The molecule has 1 saturated carbocycles. The minimum Gasteiger partial charge on any atom is -0.491 e. The van der Waals surface area contributed by atoms with Crippen LogP contribution in [0, 0.1) is 40.8 Å². The third-order valence-corrected chi connectivity index (χ3v) is 7.52. The lowest BCUT2D eigenvalue weighted by atomic mass is 9.78. The van der Waals surface area contributed by atoms with Gasteiger partial charge >= 0.3 is 0 Å². The fourth-order valence-corrected chi connectivity index (χ4v) is 5.29. The first-order valence-electron chi connectivity index (χ1n) is 13.6. The van der Waals surface area contributed by atoms with Crippen LogP contribution in [0.1, 0.15) is 68.6 Å². The van der Waals surface area contributed by atoms with E-state index in [1.165, 1.54) is 24.3 Å². The van der Waals surface area contributed by atoms with Crippen molar-refractivity contribution < 1.29 is 31.1 Å². The molecule has 0 spiro atoms. The van der Waals surface area contributed by atoms with E-state index in [2.05, 4.69) is 0 Å². The molecule has 3 aromatic carbocycles. The van der Waals surface area contributed by atoms with Gasteiger partial charge in [-0.05, 0) is 87.5 Å². The van der Waals surface area contributed by atoms with Gasteiger partial charge in [0.15, 0.2) is 34.8 Å². The topological polar surface area (TPSA) is 9.23 Å². The van der Waals surface area contributed by atoms with Crippen LogP contribution in [0.2, 0.25) is 0 Å². The van der Waals surface area contributed by atoms with Gasteiger partial charge in [0.05, 0.1) is 6.61 Å². The first-order chi connectivity index (χ1) is 19.3. The number of hydrogen-bond donors (Lipinski definition) is 0. The highest BCUT2D eigenvalue weighted by atomic mass is 19.2. The van der Waals surface area contributed by atoms with Crippen LogP contribution >= 0.6 is 0 Å². The van der Waals surface area contributed by atoms with Crippen LogP contribution < -0.4 is 4.74 Å². The maximum absolute atomic E-state index is 15.1. The van der Waals surface area contributed by atoms with Crippen molar-refractivity contribution in [1.82, 2.24) is 0 Å². The summed E-state index contributed by atoms with van der Waals surface area (Å²) in [5, 5.41) is 0. The molecule has 1 aliphatic carbocycles. The van der Waals surface area contributed by atoms with Gasteiger partial charge in [0.1, 0.15) is 0 Å². The number of allylic oxidation sites excluding steroid dienone is 3. The molecule has 0 N–H and O–H groups in total. The zero-order valence-corrected chi connectivity index (χ0v) is 22.6. The quantitative estimate of drug-likeness (QED) is 0.188. The Hall–Kier alpha value is -3.48. The van der Waals surface area contributed by atoms with E-state index < -0.39 is 34.9 Å². The van der Waals surface area contributed by atoms with Gasteiger partial charge in [0, 0.05) is 16.7 Å². The molecule has 0 saturated heterocycles. The Bertz CT molecular complexity index is 1400. The van der Waals surface area contributed by atoms with Gasteiger partial charge in [-0.15, -0.1) is 0 Å². The smallest absolute Gasteiger partial charge is 0.201 e. The lowest BCUT2D eigenvalue weighted by Gasteiger charge is -2.27. The monoisotopic (exact) mass is 558 g/mol. The molecule has 40 heavy (non-hydrogen) atoms. The lowest BCUT2D eigenvalue weighted by Crippen LogP contribution is -2.14. The third kappa shape index (κ3) is 6.29. The van der Waals surface area contributed by atoms with Gasteiger partial charge in [-0.1, -0.05) is 48.6 Å². The summed E-state index contributed by atoms with van der Waals surface area (Å²) in [5.41, 5.74) is -0.0382. The SMILES string of the molecule is C/C=C/CCc1ccc(/C=C/C2CCC(c3ccc(-c4ccc(OCC)c(F)c4F)c(F)c3F)CC2)c(F)c1F. The van der Waals surface area contributed by atoms with E-state index in [0.29, 0.717) is 44.1 Å². The number of aryl methyl sites for hydroxylation is 1. The van der Waals surface area contributed by atoms with Crippen molar-refractivity contribution in [3.8, 4) is 16.9 Å². The lowest BCUT2D eigenvalue weighted by molar-refractivity contribution is 0.314. The molecule has 1 nitrogen and oxygen atoms in total. The number of benzene rings is 3. The average molecular weight is 559 g/mol. The minimum atomic E-state index is -1.30. The highest BCUT2D eigenvalue weighted by Crippen LogP contribution is 2.40. The molecule has 3 aromatic rings. The molecule has 7 heteroatoms. The standard InChI is InChI=1S/C33H32F6O/c1-3-5-6-7-22-14-15-23(29(35)28(22)34)13-10-20-8-11-21(12-9-20)24-16-17-25(31(37)30(24)36)26-18-19-27(40-4-2)33(39)32(26)38/h3,5,10,13-21H,4,6-9,11-12H2,1-2H3/b5-3+,13-10+. The van der Waals surface area contributed by atoms with Crippen LogP contribution in [0.4, 0.5) is 26.3 Å². The molecule has 0 amide bonds. The first kappa shape index (κ1) is 29.5.